The van der Waals surface area contributed by atoms with Gasteiger partial charge in [0, 0.05) is 34.8 Å². The molecule has 2 heterocycles. The molecule has 0 saturated carbocycles. The van der Waals surface area contributed by atoms with Gasteiger partial charge in [-0.25, -0.2) is 5.43 Å². The van der Waals surface area contributed by atoms with Crippen molar-refractivity contribution in [3.05, 3.63) is 60.3 Å². The normalized spacial score (nSPS) is 11.3. The minimum absolute atomic E-state index is 0.186. The summed E-state index contributed by atoms with van der Waals surface area (Å²) in [6, 6.07) is 15.6. The van der Waals surface area contributed by atoms with E-state index in [9.17, 15) is 4.79 Å². The lowest BCUT2D eigenvalue weighted by Gasteiger charge is -2.07. The molecule has 4 rings (SSSR count). The predicted molar refractivity (Wildman–Crippen MR) is 122 cm³/mol. The third-order valence-electron chi connectivity index (χ3n) is 4.73. The van der Waals surface area contributed by atoms with Crippen molar-refractivity contribution in [3.63, 3.8) is 0 Å². The van der Waals surface area contributed by atoms with E-state index in [0.29, 0.717) is 11.7 Å². The summed E-state index contributed by atoms with van der Waals surface area (Å²) in [5.41, 5.74) is 5.45. The van der Waals surface area contributed by atoms with Crippen LogP contribution in [0.4, 0.5) is 0 Å². The molecule has 2 aromatic carbocycles. The smallest absolute Gasteiger partial charge is 0.250 e. The summed E-state index contributed by atoms with van der Waals surface area (Å²) in [6.07, 6.45) is 3.50. The zero-order valence-corrected chi connectivity index (χ0v) is 18.0. The van der Waals surface area contributed by atoms with Gasteiger partial charge in [-0.2, -0.15) is 5.10 Å². The fraction of sp³-hybridized carbons (Fsp3) is 0.182. The van der Waals surface area contributed by atoms with E-state index in [1.807, 2.05) is 66.2 Å². The van der Waals surface area contributed by atoms with Crippen molar-refractivity contribution in [3.8, 4) is 17.1 Å². The molecular formula is C22H22N6O2S. The Morgan fingerprint density at radius 1 is 1.23 bits per heavy atom. The van der Waals surface area contributed by atoms with E-state index in [0.717, 1.165) is 33.6 Å². The van der Waals surface area contributed by atoms with Crippen LogP contribution in [0, 0.1) is 0 Å². The number of aromatic nitrogens is 4. The predicted octanol–water partition coefficient (Wildman–Crippen LogP) is 3.70. The molecule has 0 saturated heterocycles. The molecule has 158 valence electrons. The first-order chi connectivity index (χ1) is 15.2. The molecule has 9 heteroatoms. The minimum atomic E-state index is -0.210. The Balaban J connectivity index is 1.37. The number of para-hydroxylation sites is 1. The SMILES string of the molecule is CCn1c(SCC(=O)N/N=C\c2c[nH]c3ccccc23)nnc1-c1ccc(OC)cc1. The van der Waals surface area contributed by atoms with Crippen LogP contribution in [0.2, 0.25) is 0 Å². The van der Waals surface area contributed by atoms with E-state index in [2.05, 4.69) is 25.7 Å². The number of hydrazone groups is 1. The lowest BCUT2D eigenvalue weighted by molar-refractivity contribution is -0.118. The highest BCUT2D eigenvalue weighted by molar-refractivity contribution is 7.99. The van der Waals surface area contributed by atoms with Crippen molar-refractivity contribution in [2.75, 3.05) is 12.9 Å². The van der Waals surface area contributed by atoms with Crippen LogP contribution < -0.4 is 10.2 Å². The largest absolute Gasteiger partial charge is 0.497 e. The van der Waals surface area contributed by atoms with Gasteiger partial charge in [-0.05, 0) is 37.3 Å². The number of ether oxygens (including phenoxy) is 1. The van der Waals surface area contributed by atoms with Crippen LogP contribution in [-0.4, -0.2) is 44.7 Å². The van der Waals surface area contributed by atoms with E-state index in [1.165, 1.54) is 11.8 Å². The third-order valence-corrected chi connectivity index (χ3v) is 5.69. The topological polar surface area (TPSA) is 97.2 Å². The van der Waals surface area contributed by atoms with Gasteiger partial charge in [0.25, 0.3) is 5.91 Å². The second kappa shape index (κ2) is 9.48. The van der Waals surface area contributed by atoms with E-state index >= 15 is 0 Å². The maximum absolute atomic E-state index is 12.2. The first kappa shape index (κ1) is 20.7. The maximum Gasteiger partial charge on any atom is 0.250 e. The quantitative estimate of drug-likeness (QED) is 0.250. The number of aromatic amines is 1. The number of hydrogen-bond acceptors (Lipinski definition) is 6. The summed E-state index contributed by atoms with van der Waals surface area (Å²) in [4.78, 5) is 15.4. The summed E-state index contributed by atoms with van der Waals surface area (Å²) in [5, 5.41) is 14.4. The zero-order chi connectivity index (χ0) is 21.6. The van der Waals surface area contributed by atoms with E-state index in [-0.39, 0.29) is 11.7 Å². The van der Waals surface area contributed by atoms with Gasteiger partial charge in [0.1, 0.15) is 5.75 Å². The summed E-state index contributed by atoms with van der Waals surface area (Å²) in [7, 11) is 1.63. The number of amides is 1. The minimum Gasteiger partial charge on any atom is -0.497 e. The number of H-pyrrole nitrogens is 1. The zero-order valence-electron chi connectivity index (χ0n) is 17.2. The van der Waals surface area contributed by atoms with Gasteiger partial charge >= 0.3 is 0 Å². The number of thioether (sulfide) groups is 1. The number of nitrogens with zero attached hydrogens (tertiary/aromatic N) is 4. The standard InChI is InChI=1S/C22H22N6O2S/c1-3-28-21(15-8-10-17(30-2)11-9-15)26-27-22(28)31-14-20(29)25-24-13-16-12-23-19-7-5-4-6-18(16)19/h4-13,23H,3,14H2,1-2H3,(H,25,29)/b24-13-. The van der Waals surface area contributed by atoms with Crippen LogP contribution in [-0.2, 0) is 11.3 Å². The first-order valence-electron chi connectivity index (χ1n) is 9.78. The molecule has 0 aliphatic carbocycles. The van der Waals surface area contributed by atoms with Crippen molar-refractivity contribution >= 4 is 34.8 Å². The highest BCUT2D eigenvalue weighted by Crippen LogP contribution is 2.25. The van der Waals surface area contributed by atoms with Gasteiger partial charge in [-0.3, -0.25) is 4.79 Å². The van der Waals surface area contributed by atoms with Crippen LogP contribution in [0.15, 0.2) is 65.0 Å². The Labute approximate surface area is 183 Å². The van der Waals surface area contributed by atoms with Crippen LogP contribution in [0.3, 0.4) is 0 Å². The molecule has 0 unspecified atom stereocenters. The lowest BCUT2D eigenvalue weighted by Crippen LogP contribution is -2.20. The molecule has 0 fully saturated rings. The van der Waals surface area contributed by atoms with Crippen LogP contribution in [0.5, 0.6) is 5.75 Å². The Morgan fingerprint density at radius 3 is 2.81 bits per heavy atom. The molecule has 8 nitrogen and oxygen atoms in total. The maximum atomic E-state index is 12.2. The van der Waals surface area contributed by atoms with E-state index < -0.39 is 0 Å². The number of fused-ring (bicyclic) bond motifs is 1. The van der Waals surface area contributed by atoms with Gasteiger partial charge < -0.3 is 14.3 Å². The average Bonchev–Trinajstić information content (AvgIpc) is 3.41. The van der Waals surface area contributed by atoms with Crippen molar-refractivity contribution < 1.29 is 9.53 Å². The van der Waals surface area contributed by atoms with E-state index in [4.69, 9.17) is 4.74 Å². The van der Waals surface area contributed by atoms with Gasteiger partial charge in [0.15, 0.2) is 11.0 Å². The molecule has 2 aromatic heterocycles. The number of hydrogen-bond donors (Lipinski definition) is 2. The molecule has 2 N–H and O–H groups in total. The van der Waals surface area contributed by atoms with Crippen LogP contribution >= 0.6 is 11.8 Å². The number of nitrogens with one attached hydrogen (secondary N) is 2. The van der Waals surface area contributed by atoms with Gasteiger partial charge in [0.2, 0.25) is 0 Å². The monoisotopic (exact) mass is 434 g/mol. The molecule has 0 atom stereocenters. The van der Waals surface area contributed by atoms with Crippen molar-refractivity contribution in [1.82, 2.24) is 25.2 Å². The summed E-state index contributed by atoms with van der Waals surface area (Å²) in [5.74, 6) is 1.51. The molecule has 0 radical (unpaired) electrons. The molecule has 0 aliphatic heterocycles. The molecular weight excluding hydrogens is 412 g/mol. The third kappa shape index (κ3) is 4.61. The number of methoxy groups -OCH3 is 1. The molecule has 0 aliphatic rings. The Hall–Kier alpha value is -3.59. The number of carbonyl (C=O) groups excluding carboxylic acids is 1. The highest BCUT2D eigenvalue weighted by atomic mass is 32.2. The summed E-state index contributed by atoms with van der Waals surface area (Å²) < 4.78 is 7.19. The fourth-order valence-corrected chi connectivity index (χ4v) is 3.97. The fourth-order valence-electron chi connectivity index (χ4n) is 3.17. The van der Waals surface area contributed by atoms with Gasteiger partial charge in [-0.15, -0.1) is 10.2 Å². The molecule has 0 bridgehead atoms. The van der Waals surface area contributed by atoms with Crippen molar-refractivity contribution in [2.24, 2.45) is 5.10 Å². The number of carbonyl (C=O) groups is 1. The summed E-state index contributed by atoms with van der Waals surface area (Å²) >= 11 is 1.33. The Bertz CT molecular complexity index is 1210. The number of rotatable bonds is 8. The molecule has 0 spiro atoms. The molecule has 1 amide bonds. The van der Waals surface area contributed by atoms with Crippen molar-refractivity contribution in [2.45, 2.75) is 18.6 Å². The van der Waals surface area contributed by atoms with Crippen LogP contribution in [0.1, 0.15) is 12.5 Å². The first-order valence-corrected chi connectivity index (χ1v) is 10.8. The lowest BCUT2D eigenvalue weighted by atomic mass is 10.2. The van der Waals surface area contributed by atoms with E-state index in [1.54, 1.807) is 13.3 Å². The molecule has 31 heavy (non-hydrogen) atoms. The molecule has 4 aromatic rings. The second-order valence-corrected chi connectivity index (χ2v) is 7.59. The highest BCUT2D eigenvalue weighted by Gasteiger charge is 2.14. The van der Waals surface area contributed by atoms with Gasteiger partial charge in [-0.1, -0.05) is 30.0 Å². The summed E-state index contributed by atoms with van der Waals surface area (Å²) in [6.45, 7) is 2.71. The van der Waals surface area contributed by atoms with Crippen LogP contribution in [0.25, 0.3) is 22.3 Å². The average molecular weight is 435 g/mol. The second-order valence-electron chi connectivity index (χ2n) is 6.65. The number of benzene rings is 2. The Kier molecular flexibility index (Phi) is 6.32. The Morgan fingerprint density at radius 2 is 2.03 bits per heavy atom. The van der Waals surface area contributed by atoms with Gasteiger partial charge in [0.05, 0.1) is 19.1 Å². The van der Waals surface area contributed by atoms with Crippen molar-refractivity contribution in [1.29, 1.82) is 0 Å².